The van der Waals surface area contributed by atoms with E-state index in [1.807, 2.05) is 4.90 Å². The number of carbonyl (C=O) groups is 2. The molecule has 32 heavy (non-hydrogen) atoms. The molecule has 0 atom stereocenters. The normalized spacial score (nSPS) is 14.6. The van der Waals surface area contributed by atoms with Crippen LogP contribution in [-0.4, -0.2) is 62.8 Å². The van der Waals surface area contributed by atoms with E-state index in [1.165, 1.54) is 12.3 Å². The van der Waals surface area contributed by atoms with Crippen LogP contribution in [0, 0.1) is 0 Å². The summed E-state index contributed by atoms with van der Waals surface area (Å²) in [6.07, 6.45) is -0.322. The summed E-state index contributed by atoms with van der Waals surface area (Å²) >= 11 is 0.822. The van der Waals surface area contributed by atoms with Gasteiger partial charge in [-0.2, -0.15) is 13.2 Å². The molecule has 3 aromatic rings. The Kier molecular flexibility index (Phi) is 5.82. The lowest BCUT2D eigenvalue weighted by Gasteiger charge is -2.34. The Bertz CT molecular complexity index is 1170. The maximum atomic E-state index is 13.0. The second-order valence-corrected chi connectivity index (χ2v) is 7.89. The van der Waals surface area contributed by atoms with Gasteiger partial charge < -0.3 is 20.1 Å². The van der Waals surface area contributed by atoms with Crippen LogP contribution in [0.2, 0.25) is 0 Å². The molecule has 0 aliphatic carbocycles. The lowest BCUT2D eigenvalue weighted by atomic mass is 10.2. The number of alkyl halides is 3. The summed E-state index contributed by atoms with van der Waals surface area (Å²) in [6.45, 7) is 5.26. The number of carbonyl (C=O) groups excluding carboxylic acids is 2. The highest BCUT2D eigenvalue weighted by Crippen LogP contribution is 2.32. The Balaban J connectivity index is 1.48. The van der Waals surface area contributed by atoms with Gasteiger partial charge in [0.1, 0.15) is 11.3 Å². The van der Waals surface area contributed by atoms with Gasteiger partial charge in [-0.05, 0) is 6.08 Å². The average molecular weight is 465 g/mol. The zero-order chi connectivity index (χ0) is 22.9. The van der Waals surface area contributed by atoms with Gasteiger partial charge >= 0.3 is 6.18 Å². The van der Waals surface area contributed by atoms with Crippen LogP contribution in [-0.2, 0) is 17.5 Å². The van der Waals surface area contributed by atoms with E-state index < -0.39 is 17.8 Å². The second-order valence-electron chi connectivity index (χ2n) is 6.95. The van der Waals surface area contributed by atoms with Crippen molar-refractivity contribution in [3.63, 3.8) is 0 Å². The smallest absolute Gasteiger partial charge is 0.352 e. The first kappa shape index (κ1) is 21.7. The Morgan fingerprint density at radius 2 is 2.00 bits per heavy atom. The van der Waals surface area contributed by atoms with Crippen LogP contribution in [0.25, 0.3) is 11.2 Å². The van der Waals surface area contributed by atoms with Gasteiger partial charge in [0.05, 0.1) is 28.7 Å². The number of nitrogens with one attached hydrogen (secondary N) is 2. The van der Waals surface area contributed by atoms with Crippen LogP contribution in [0.3, 0.4) is 0 Å². The van der Waals surface area contributed by atoms with Crippen molar-refractivity contribution in [2.75, 3.05) is 31.1 Å². The van der Waals surface area contributed by atoms with E-state index >= 15 is 0 Å². The number of amides is 2. The lowest BCUT2D eigenvalue weighted by Crippen LogP contribution is -2.48. The van der Waals surface area contributed by atoms with Gasteiger partial charge in [0.2, 0.25) is 5.91 Å². The second kappa shape index (κ2) is 8.57. The molecule has 2 amide bonds. The first-order valence-electron chi connectivity index (χ1n) is 9.56. The van der Waals surface area contributed by atoms with Gasteiger partial charge in [-0.1, -0.05) is 6.58 Å². The number of anilines is 1. The fourth-order valence-corrected chi connectivity index (χ4v) is 4.10. The van der Waals surface area contributed by atoms with E-state index in [4.69, 9.17) is 0 Å². The largest absolute Gasteiger partial charge is 0.434 e. The van der Waals surface area contributed by atoms with Crippen molar-refractivity contribution in [1.29, 1.82) is 0 Å². The molecule has 0 saturated carbocycles. The van der Waals surface area contributed by atoms with Crippen LogP contribution >= 0.6 is 11.3 Å². The lowest BCUT2D eigenvalue weighted by molar-refractivity contribution is -0.141. The molecule has 168 valence electrons. The average Bonchev–Trinajstić information content (AvgIpc) is 3.43. The number of piperazine rings is 1. The topological polar surface area (TPSA) is 107 Å². The maximum absolute atomic E-state index is 13.0. The highest BCUT2D eigenvalue weighted by Gasteiger charge is 2.36. The van der Waals surface area contributed by atoms with Crippen molar-refractivity contribution in [3.8, 4) is 0 Å². The summed E-state index contributed by atoms with van der Waals surface area (Å²) in [5, 5.41) is 2.49. The van der Waals surface area contributed by atoms with Crippen molar-refractivity contribution < 1.29 is 22.8 Å². The van der Waals surface area contributed by atoms with Gasteiger partial charge in [0.25, 0.3) is 5.91 Å². The number of H-pyrrole nitrogens is 1. The van der Waals surface area contributed by atoms with E-state index in [0.29, 0.717) is 43.2 Å². The molecule has 0 radical (unpaired) electrons. The third-order valence-electron chi connectivity index (χ3n) is 5.02. The number of rotatable bonds is 5. The first-order valence-corrected chi connectivity index (χ1v) is 10.4. The van der Waals surface area contributed by atoms with Crippen molar-refractivity contribution in [2.45, 2.75) is 12.7 Å². The molecular formula is C19H18F3N7O2S. The van der Waals surface area contributed by atoms with Gasteiger partial charge in [0.15, 0.2) is 11.3 Å². The minimum atomic E-state index is -4.58. The molecule has 1 saturated heterocycles. The standard InChI is InChI=1S/C19H18F3N7O2S/c1-2-14(30)29-5-3-28(4-6-29)13-9-24-17-15(27-13)11(7-23-17)18(31)25-8-12-16(19(20,21)22)26-10-32-12/h2,7,9-10H,1,3-6,8H2,(H,23,24)(H,25,31). The van der Waals surface area contributed by atoms with Crippen molar-refractivity contribution in [3.05, 3.63) is 46.7 Å². The minimum Gasteiger partial charge on any atom is -0.352 e. The third-order valence-corrected chi connectivity index (χ3v) is 5.85. The summed E-state index contributed by atoms with van der Waals surface area (Å²) in [5.41, 5.74) is 0.958. The fourth-order valence-electron chi connectivity index (χ4n) is 3.38. The number of halogens is 3. The summed E-state index contributed by atoms with van der Waals surface area (Å²) in [4.78, 5) is 43.0. The molecule has 4 heterocycles. The SMILES string of the molecule is C=CC(=O)N1CCN(c2cnc3[nH]cc(C(=O)NCc4scnc4C(F)(F)F)c3n2)CC1. The van der Waals surface area contributed by atoms with E-state index in [1.54, 1.807) is 11.1 Å². The van der Waals surface area contributed by atoms with Crippen molar-refractivity contribution in [2.24, 2.45) is 0 Å². The van der Waals surface area contributed by atoms with Gasteiger partial charge in [-0.3, -0.25) is 9.59 Å². The molecule has 1 aliphatic rings. The van der Waals surface area contributed by atoms with E-state index in [2.05, 4.69) is 31.8 Å². The summed E-state index contributed by atoms with van der Waals surface area (Å²) in [7, 11) is 0. The molecule has 2 N–H and O–H groups in total. The molecule has 13 heteroatoms. The Morgan fingerprint density at radius 3 is 2.69 bits per heavy atom. The molecular weight excluding hydrogens is 447 g/mol. The summed E-state index contributed by atoms with van der Waals surface area (Å²) in [6, 6.07) is 0. The van der Waals surface area contributed by atoms with Crippen LogP contribution in [0.1, 0.15) is 20.9 Å². The number of hydrogen-bond donors (Lipinski definition) is 2. The highest BCUT2D eigenvalue weighted by molar-refractivity contribution is 7.09. The predicted molar refractivity (Wildman–Crippen MR) is 111 cm³/mol. The molecule has 4 rings (SSSR count). The highest BCUT2D eigenvalue weighted by atomic mass is 32.1. The molecule has 1 fully saturated rings. The molecule has 0 unspecified atom stereocenters. The quantitative estimate of drug-likeness (QED) is 0.560. The van der Waals surface area contributed by atoms with Crippen LogP contribution < -0.4 is 10.2 Å². The number of nitrogens with zero attached hydrogens (tertiary/aromatic N) is 5. The number of hydrogen-bond acceptors (Lipinski definition) is 7. The van der Waals surface area contributed by atoms with Gasteiger partial charge in [-0.25, -0.2) is 15.0 Å². The van der Waals surface area contributed by atoms with E-state index in [-0.39, 0.29) is 22.9 Å². The Morgan fingerprint density at radius 1 is 1.25 bits per heavy atom. The fraction of sp³-hybridized carbons (Fsp3) is 0.316. The Hall–Kier alpha value is -3.48. The maximum Gasteiger partial charge on any atom is 0.434 e. The molecule has 0 bridgehead atoms. The molecule has 1 aliphatic heterocycles. The zero-order valence-electron chi connectivity index (χ0n) is 16.6. The predicted octanol–water partition coefficient (Wildman–Crippen LogP) is 2.20. The number of aromatic amines is 1. The Labute approximate surface area is 184 Å². The van der Waals surface area contributed by atoms with Gasteiger partial charge in [0, 0.05) is 32.4 Å². The molecule has 0 aromatic carbocycles. The summed E-state index contributed by atoms with van der Waals surface area (Å²) < 4.78 is 38.9. The van der Waals surface area contributed by atoms with Crippen LogP contribution in [0.15, 0.2) is 30.6 Å². The zero-order valence-corrected chi connectivity index (χ0v) is 17.5. The monoisotopic (exact) mass is 465 g/mol. The third kappa shape index (κ3) is 4.28. The molecule has 9 nitrogen and oxygen atoms in total. The first-order chi connectivity index (χ1) is 15.3. The van der Waals surface area contributed by atoms with Crippen LogP contribution in [0.4, 0.5) is 19.0 Å². The minimum absolute atomic E-state index is 0.0793. The van der Waals surface area contributed by atoms with Crippen LogP contribution in [0.5, 0.6) is 0 Å². The number of fused-ring (bicyclic) bond motifs is 1. The molecule has 0 spiro atoms. The van der Waals surface area contributed by atoms with Crippen molar-refractivity contribution in [1.82, 2.24) is 30.2 Å². The summed E-state index contributed by atoms with van der Waals surface area (Å²) in [5.74, 6) is -0.172. The van der Waals surface area contributed by atoms with Crippen molar-refractivity contribution >= 4 is 40.1 Å². The van der Waals surface area contributed by atoms with Gasteiger partial charge in [-0.15, -0.1) is 11.3 Å². The number of aromatic nitrogens is 4. The number of thiazole rings is 1. The van der Waals surface area contributed by atoms with E-state index in [9.17, 15) is 22.8 Å². The molecule has 3 aromatic heterocycles. The van der Waals surface area contributed by atoms with E-state index in [0.717, 1.165) is 16.8 Å².